The van der Waals surface area contributed by atoms with Crippen LogP contribution in [0.3, 0.4) is 0 Å². The van der Waals surface area contributed by atoms with Gasteiger partial charge in [-0.05, 0) is 53.8 Å². The zero-order valence-corrected chi connectivity index (χ0v) is 20.8. The van der Waals surface area contributed by atoms with E-state index in [4.69, 9.17) is 4.98 Å². The number of fused-ring (bicyclic) bond motifs is 2. The smallest absolute Gasteiger partial charge is 0.178 e. The predicted octanol–water partition coefficient (Wildman–Crippen LogP) is 5.07. The second-order valence-corrected chi connectivity index (χ2v) is 11.8. The van der Waals surface area contributed by atoms with E-state index in [1.165, 1.54) is 12.1 Å². The Morgan fingerprint density at radius 1 is 1.00 bits per heavy atom. The molecule has 0 amide bonds. The van der Waals surface area contributed by atoms with Gasteiger partial charge in [-0.15, -0.1) is 0 Å². The number of nitrogens with zero attached hydrogens (tertiary/aromatic N) is 5. The first-order valence-corrected chi connectivity index (χ1v) is 13.8. The molecule has 3 N–H and O–H groups in total. The molecule has 0 saturated heterocycles. The summed E-state index contributed by atoms with van der Waals surface area (Å²) in [6.45, 7) is 0.472. The lowest BCUT2D eigenvalue weighted by Gasteiger charge is -2.12. The van der Waals surface area contributed by atoms with Crippen LogP contribution < -0.4 is 4.72 Å². The molecule has 4 aromatic heterocycles. The number of imidazole rings is 1. The second kappa shape index (κ2) is 8.91. The molecule has 2 aromatic carbocycles. The molecule has 0 radical (unpaired) electrons. The van der Waals surface area contributed by atoms with Gasteiger partial charge in [0, 0.05) is 41.6 Å². The summed E-state index contributed by atoms with van der Waals surface area (Å²) in [7, 11) is -1.42. The molecule has 8 nitrogen and oxygen atoms in total. The van der Waals surface area contributed by atoms with E-state index in [1.54, 1.807) is 24.8 Å². The highest BCUT2D eigenvalue weighted by Gasteiger charge is 2.17. The lowest BCUT2D eigenvalue weighted by Crippen LogP contribution is -2.08. The molecule has 0 spiro atoms. The average molecular weight is 511 g/mol. The van der Waals surface area contributed by atoms with E-state index >= 15 is 0 Å². The first-order chi connectivity index (χ1) is 17.8. The van der Waals surface area contributed by atoms with Gasteiger partial charge in [0.2, 0.25) is 0 Å². The van der Waals surface area contributed by atoms with E-state index < -0.39 is 9.39 Å². The minimum Gasteiger partial charge on any atom is -0.335 e. The van der Waals surface area contributed by atoms with Crippen LogP contribution in [-0.2, 0) is 6.54 Å². The molecule has 184 valence electrons. The Balaban J connectivity index is 1.44. The fraction of sp³-hybridized carbons (Fsp3) is 0.0741. The molecule has 10 heteroatoms. The van der Waals surface area contributed by atoms with E-state index in [0.717, 1.165) is 38.9 Å². The molecule has 0 saturated carbocycles. The van der Waals surface area contributed by atoms with Crippen molar-refractivity contribution in [1.29, 1.82) is 0 Å². The van der Waals surface area contributed by atoms with Crippen molar-refractivity contribution >= 4 is 43.2 Å². The number of rotatable bonds is 6. The summed E-state index contributed by atoms with van der Waals surface area (Å²) in [5.74, 6) is 8.30. The third-order valence-corrected chi connectivity index (χ3v) is 6.77. The van der Waals surface area contributed by atoms with Crippen LogP contribution in [-0.4, -0.2) is 53.1 Å². The fourth-order valence-electron chi connectivity index (χ4n) is 4.23. The predicted molar refractivity (Wildman–Crippen MR) is 150 cm³/mol. The van der Waals surface area contributed by atoms with Gasteiger partial charge in [-0.1, -0.05) is 17.8 Å². The van der Waals surface area contributed by atoms with Crippen molar-refractivity contribution in [2.45, 2.75) is 6.54 Å². The highest BCUT2D eigenvalue weighted by molar-refractivity contribution is 8.25. The normalized spacial score (nSPS) is 11.9. The summed E-state index contributed by atoms with van der Waals surface area (Å²) in [6, 6.07) is 12.8. The summed E-state index contributed by atoms with van der Waals surface area (Å²) >= 11 is 0. The zero-order valence-electron chi connectivity index (χ0n) is 20.0. The number of nitrogens with one attached hydrogen (secondary N) is 3. The second-order valence-electron chi connectivity index (χ2n) is 9.01. The Labute approximate surface area is 212 Å². The minimum atomic E-state index is -1.42. The van der Waals surface area contributed by atoms with Crippen LogP contribution in [0.15, 0.2) is 67.3 Å². The van der Waals surface area contributed by atoms with Crippen LogP contribution in [0.1, 0.15) is 5.56 Å². The van der Waals surface area contributed by atoms with Crippen LogP contribution in [0.2, 0.25) is 0 Å². The van der Waals surface area contributed by atoms with E-state index in [2.05, 4.69) is 46.6 Å². The number of aromatic amines is 2. The van der Waals surface area contributed by atoms with Gasteiger partial charge in [0.15, 0.2) is 11.5 Å². The van der Waals surface area contributed by atoms with Crippen molar-refractivity contribution < 1.29 is 4.39 Å². The average Bonchev–Trinajstić information content (AvgIpc) is 3.51. The van der Waals surface area contributed by atoms with Crippen LogP contribution in [0.4, 0.5) is 4.39 Å². The van der Waals surface area contributed by atoms with Gasteiger partial charge < -0.3 is 4.98 Å². The van der Waals surface area contributed by atoms with Crippen LogP contribution in [0.5, 0.6) is 0 Å². The zero-order chi connectivity index (χ0) is 25.6. The SMILES string of the molecule is C=S(=C)(C)NCc1cc(F)cc(-c2ccnc3nc(-c4n[nH]c5ccc(-c6cnccn6)cc45)[nH]c23)c1. The number of aromatic nitrogens is 7. The van der Waals surface area contributed by atoms with Gasteiger partial charge in [0.25, 0.3) is 0 Å². The highest BCUT2D eigenvalue weighted by atomic mass is 32.2. The Morgan fingerprint density at radius 2 is 1.89 bits per heavy atom. The molecule has 0 bridgehead atoms. The van der Waals surface area contributed by atoms with Crippen molar-refractivity contribution in [3.05, 3.63) is 78.6 Å². The molecule has 0 aliphatic rings. The first-order valence-electron chi connectivity index (χ1n) is 11.4. The van der Waals surface area contributed by atoms with Crippen molar-refractivity contribution in [2.24, 2.45) is 0 Å². The minimum absolute atomic E-state index is 0.321. The Kier molecular flexibility index (Phi) is 5.54. The number of hydrogen-bond acceptors (Lipinski definition) is 6. The van der Waals surface area contributed by atoms with Gasteiger partial charge in [-0.25, -0.2) is 14.4 Å². The molecule has 0 fully saturated rings. The number of benzene rings is 2. The monoisotopic (exact) mass is 510 g/mol. The molecular weight excluding hydrogens is 487 g/mol. The lowest BCUT2D eigenvalue weighted by molar-refractivity contribution is 0.625. The van der Waals surface area contributed by atoms with Crippen molar-refractivity contribution in [3.8, 4) is 33.9 Å². The Hall–Kier alpha value is -4.41. The molecule has 0 aliphatic carbocycles. The van der Waals surface area contributed by atoms with Crippen molar-refractivity contribution in [1.82, 2.24) is 39.8 Å². The number of hydrogen-bond donors (Lipinski definition) is 3. The third kappa shape index (κ3) is 4.59. The van der Waals surface area contributed by atoms with E-state index in [1.807, 2.05) is 36.6 Å². The van der Waals surface area contributed by atoms with E-state index in [9.17, 15) is 4.39 Å². The molecule has 4 heterocycles. The molecule has 37 heavy (non-hydrogen) atoms. The standard InChI is InChI=1S/C27H23FN8S/c1-37(2,3)32-14-16-10-18(12-19(28)11-16)20-6-7-31-26-24(20)33-27(34-26)25-21-13-17(4-5-22(21)35-36-25)23-15-29-8-9-30-23/h4-13,15,32H,1-2,14H2,3H3,(H,35,36)(H,31,33,34). The number of halogens is 1. The number of pyridine rings is 1. The fourth-order valence-corrected chi connectivity index (χ4v) is 4.75. The van der Waals surface area contributed by atoms with Crippen LogP contribution >= 0.6 is 9.39 Å². The summed E-state index contributed by atoms with van der Waals surface area (Å²) in [5.41, 5.74) is 6.75. The van der Waals surface area contributed by atoms with Crippen molar-refractivity contribution in [3.63, 3.8) is 0 Å². The maximum Gasteiger partial charge on any atom is 0.178 e. The van der Waals surface area contributed by atoms with Gasteiger partial charge in [-0.2, -0.15) is 14.5 Å². The molecule has 0 unspecified atom stereocenters. The topological polar surface area (TPSA) is 108 Å². The Morgan fingerprint density at radius 3 is 2.70 bits per heavy atom. The van der Waals surface area contributed by atoms with Gasteiger partial charge in [0.1, 0.15) is 11.5 Å². The summed E-state index contributed by atoms with van der Waals surface area (Å²) in [4.78, 5) is 21.1. The van der Waals surface area contributed by atoms with Crippen LogP contribution in [0.25, 0.3) is 56.0 Å². The summed E-state index contributed by atoms with van der Waals surface area (Å²) < 4.78 is 17.9. The molecule has 0 atom stereocenters. The Bertz CT molecular complexity index is 1870. The molecule has 6 aromatic rings. The van der Waals surface area contributed by atoms with E-state index in [0.29, 0.717) is 29.2 Å². The largest absolute Gasteiger partial charge is 0.335 e. The lowest BCUT2D eigenvalue weighted by atomic mass is 10.0. The van der Waals surface area contributed by atoms with Crippen molar-refractivity contribution in [2.75, 3.05) is 6.26 Å². The molecule has 0 aliphatic heterocycles. The molecule has 6 rings (SSSR count). The van der Waals surface area contributed by atoms with Gasteiger partial charge in [-0.3, -0.25) is 19.8 Å². The summed E-state index contributed by atoms with van der Waals surface area (Å²) in [6.07, 6.45) is 8.64. The molecular formula is C27H23FN8S. The van der Waals surface area contributed by atoms with Crippen LogP contribution in [0, 0.1) is 5.82 Å². The first kappa shape index (κ1) is 23.0. The van der Waals surface area contributed by atoms with Gasteiger partial charge in [0.05, 0.1) is 22.9 Å². The quantitative estimate of drug-likeness (QED) is 0.270. The van der Waals surface area contributed by atoms with Gasteiger partial charge >= 0.3 is 0 Å². The third-order valence-electron chi connectivity index (χ3n) is 5.93. The number of H-pyrrole nitrogens is 2. The summed E-state index contributed by atoms with van der Waals surface area (Å²) in [5, 5.41) is 8.46. The highest BCUT2D eigenvalue weighted by Crippen LogP contribution is 2.32. The maximum atomic E-state index is 14.6. The van der Waals surface area contributed by atoms with E-state index in [-0.39, 0.29) is 5.82 Å². The maximum absolute atomic E-state index is 14.6.